The molecule has 0 aromatic heterocycles. The summed E-state index contributed by atoms with van der Waals surface area (Å²) in [5.74, 6) is 0.804. The lowest BCUT2D eigenvalue weighted by Gasteiger charge is -2.34. The minimum absolute atomic E-state index is 0.158. The van der Waals surface area contributed by atoms with E-state index in [2.05, 4.69) is 6.92 Å². The van der Waals surface area contributed by atoms with E-state index in [1.54, 1.807) is 0 Å². The lowest BCUT2D eigenvalue weighted by atomic mass is 9.81. The maximum atomic E-state index is 10.1. The zero-order valence-corrected chi connectivity index (χ0v) is 7.30. The lowest BCUT2D eigenvalue weighted by Crippen LogP contribution is -2.32. The quantitative estimate of drug-likeness (QED) is 0.572. The van der Waals surface area contributed by atoms with E-state index in [9.17, 15) is 4.79 Å². The molecule has 1 saturated carbocycles. The highest BCUT2D eigenvalue weighted by atomic mass is 16.5. The van der Waals surface area contributed by atoms with Crippen molar-refractivity contribution in [2.24, 2.45) is 5.92 Å². The molecule has 1 fully saturated rings. The summed E-state index contributed by atoms with van der Waals surface area (Å²) in [5, 5.41) is 0. The molecule has 0 spiro atoms. The molecule has 0 unspecified atom stereocenters. The Labute approximate surface area is 67.9 Å². The fourth-order valence-electron chi connectivity index (χ4n) is 1.61. The Morgan fingerprint density at radius 2 is 2.00 bits per heavy atom. The molecule has 0 amide bonds. The smallest absolute Gasteiger partial charge is 0.293 e. The van der Waals surface area contributed by atoms with E-state index in [4.69, 9.17) is 4.74 Å². The summed E-state index contributed by atoms with van der Waals surface area (Å²) in [6, 6.07) is 0. The summed E-state index contributed by atoms with van der Waals surface area (Å²) >= 11 is 0. The van der Waals surface area contributed by atoms with Crippen LogP contribution in [0.2, 0.25) is 0 Å². The van der Waals surface area contributed by atoms with Crippen LogP contribution in [0.4, 0.5) is 0 Å². The average Bonchev–Trinajstić information content (AvgIpc) is 1.97. The molecule has 0 N–H and O–H groups in total. The molecule has 1 aliphatic rings. The van der Waals surface area contributed by atoms with Gasteiger partial charge in [-0.15, -0.1) is 0 Å². The van der Waals surface area contributed by atoms with Crippen LogP contribution in [-0.4, -0.2) is 12.1 Å². The van der Waals surface area contributed by atoms with Gasteiger partial charge in [-0.25, -0.2) is 0 Å². The van der Waals surface area contributed by atoms with Crippen molar-refractivity contribution < 1.29 is 9.53 Å². The molecule has 11 heavy (non-hydrogen) atoms. The Morgan fingerprint density at radius 1 is 1.45 bits per heavy atom. The van der Waals surface area contributed by atoms with Crippen LogP contribution in [0.3, 0.4) is 0 Å². The Kier molecular flexibility index (Phi) is 2.53. The number of ether oxygens (including phenoxy) is 1. The molecule has 1 rings (SSSR count). The Bertz CT molecular complexity index is 134. The first-order valence-corrected chi connectivity index (χ1v) is 4.28. The van der Waals surface area contributed by atoms with Gasteiger partial charge in [0.05, 0.1) is 0 Å². The fraction of sp³-hybridized carbons (Fsp3) is 0.889. The van der Waals surface area contributed by atoms with Gasteiger partial charge < -0.3 is 4.74 Å². The van der Waals surface area contributed by atoms with Crippen LogP contribution in [-0.2, 0) is 9.53 Å². The van der Waals surface area contributed by atoms with Crippen LogP contribution in [0.5, 0.6) is 0 Å². The average molecular weight is 156 g/mol. The second-order valence-electron chi connectivity index (χ2n) is 3.85. The number of hydrogen-bond donors (Lipinski definition) is 0. The summed E-state index contributed by atoms with van der Waals surface area (Å²) < 4.78 is 5.04. The van der Waals surface area contributed by atoms with Gasteiger partial charge in [-0.1, -0.05) is 6.92 Å². The van der Waals surface area contributed by atoms with Crippen LogP contribution in [0, 0.1) is 5.92 Å². The third-order valence-electron chi connectivity index (χ3n) is 2.66. The summed E-state index contributed by atoms with van der Waals surface area (Å²) in [6.07, 6.45) is 4.41. The molecule has 0 aromatic rings. The van der Waals surface area contributed by atoms with Gasteiger partial charge in [0, 0.05) is 0 Å². The molecular weight excluding hydrogens is 140 g/mol. The Hall–Kier alpha value is -0.530. The molecule has 1 aliphatic carbocycles. The molecule has 0 aliphatic heterocycles. The minimum Gasteiger partial charge on any atom is -0.462 e. The van der Waals surface area contributed by atoms with Gasteiger partial charge in [0.2, 0.25) is 0 Å². The summed E-state index contributed by atoms with van der Waals surface area (Å²) in [5.41, 5.74) is -0.158. The van der Waals surface area contributed by atoms with Gasteiger partial charge in [0.15, 0.2) is 0 Å². The van der Waals surface area contributed by atoms with E-state index in [0.29, 0.717) is 6.47 Å². The van der Waals surface area contributed by atoms with Crippen molar-refractivity contribution in [1.82, 2.24) is 0 Å². The van der Waals surface area contributed by atoms with Crippen LogP contribution in [0.1, 0.15) is 39.5 Å². The number of rotatable bonds is 2. The standard InChI is InChI=1S/C9H16O2/c1-8-3-5-9(2,6-4-8)11-7-10/h7-8H,3-6H2,1-2H3. The normalized spacial score (nSPS) is 38.2. The molecule has 0 radical (unpaired) electrons. The first-order valence-electron chi connectivity index (χ1n) is 4.28. The van der Waals surface area contributed by atoms with Gasteiger partial charge in [-0.05, 0) is 38.5 Å². The topological polar surface area (TPSA) is 26.3 Å². The van der Waals surface area contributed by atoms with E-state index in [-0.39, 0.29) is 5.60 Å². The second kappa shape index (κ2) is 3.24. The third-order valence-corrected chi connectivity index (χ3v) is 2.66. The van der Waals surface area contributed by atoms with Gasteiger partial charge >= 0.3 is 0 Å². The molecular formula is C9H16O2. The van der Waals surface area contributed by atoms with E-state index in [1.807, 2.05) is 6.92 Å². The van der Waals surface area contributed by atoms with Crippen LogP contribution in [0.15, 0.2) is 0 Å². The molecule has 2 nitrogen and oxygen atoms in total. The van der Waals surface area contributed by atoms with Crippen LogP contribution < -0.4 is 0 Å². The zero-order valence-electron chi connectivity index (χ0n) is 7.30. The van der Waals surface area contributed by atoms with Crippen molar-refractivity contribution in [3.63, 3.8) is 0 Å². The number of carbonyl (C=O) groups is 1. The molecule has 0 heterocycles. The van der Waals surface area contributed by atoms with Gasteiger partial charge in [-0.2, -0.15) is 0 Å². The first kappa shape index (κ1) is 8.57. The maximum absolute atomic E-state index is 10.1. The van der Waals surface area contributed by atoms with Gasteiger partial charge in [0.1, 0.15) is 5.60 Å². The Morgan fingerprint density at radius 3 is 2.45 bits per heavy atom. The van der Waals surface area contributed by atoms with Gasteiger partial charge in [0.25, 0.3) is 6.47 Å². The number of hydrogen-bond acceptors (Lipinski definition) is 2. The zero-order chi connectivity index (χ0) is 8.32. The highest BCUT2D eigenvalue weighted by Crippen LogP contribution is 2.33. The summed E-state index contributed by atoms with van der Waals surface area (Å²) in [6.45, 7) is 4.85. The highest BCUT2D eigenvalue weighted by molar-refractivity contribution is 5.38. The van der Waals surface area contributed by atoms with E-state index in [0.717, 1.165) is 18.8 Å². The predicted octanol–water partition coefficient (Wildman–Crippen LogP) is 2.13. The van der Waals surface area contributed by atoms with Crippen molar-refractivity contribution in [3.05, 3.63) is 0 Å². The number of carbonyl (C=O) groups excluding carboxylic acids is 1. The predicted molar refractivity (Wildman–Crippen MR) is 43.2 cm³/mol. The van der Waals surface area contributed by atoms with E-state index < -0.39 is 0 Å². The minimum atomic E-state index is -0.158. The van der Waals surface area contributed by atoms with Gasteiger partial charge in [-0.3, -0.25) is 4.79 Å². The van der Waals surface area contributed by atoms with Crippen molar-refractivity contribution in [3.8, 4) is 0 Å². The summed E-state index contributed by atoms with van der Waals surface area (Å²) in [4.78, 5) is 10.1. The molecule has 0 bridgehead atoms. The molecule has 0 aromatic carbocycles. The molecule has 2 heteroatoms. The van der Waals surface area contributed by atoms with Crippen molar-refractivity contribution in [1.29, 1.82) is 0 Å². The maximum Gasteiger partial charge on any atom is 0.293 e. The summed E-state index contributed by atoms with van der Waals surface area (Å²) in [7, 11) is 0. The van der Waals surface area contributed by atoms with Crippen LogP contribution >= 0.6 is 0 Å². The highest BCUT2D eigenvalue weighted by Gasteiger charge is 2.30. The molecule has 0 atom stereocenters. The van der Waals surface area contributed by atoms with Crippen molar-refractivity contribution in [2.75, 3.05) is 0 Å². The largest absolute Gasteiger partial charge is 0.462 e. The second-order valence-corrected chi connectivity index (χ2v) is 3.85. The fourth-order valence-corrected chi connectivity index (χ4v) is 1.61. The molecule has 0 saturated heterocycles. The first-order chi connectivity index (χ1) is 5.16. The lowest BCUT2D eigenvalue weighted by molar-refractivity contribution is -0.145. The SMILES string of the molecule is CC1CCC(C)(OC=O)CC1. The Balaban J connectivity index is 2.41. The van der Waals surface area contributed by atoms with Crippen molar-refractivity contribution in [2.45, 2.75) is 45.1 Å². The monoisotopic (exact) mass is 156 g/mol. The molecule has 64 valence electrons. The van der Waals surface area contributed by atoms with E-state index >= 15 is 0 Å². The third kappa shape index (κ3) is 2.21. The van der Waals surface area contributed by atoms with Crippen LogP contribution in [0.25, 0.3) is 0 Å². The van der Waals surface area contributed by atoms with Crippen molar-refractivity contribution >= 4 is 6.47 Å². The van der Waals surface area contributed by atoms with E-state index in [1.165, 1.54) is 12.8 Å².